The Morgan fingerprint density at radius 3 is 2.50 bits per heavy atom. The molecule has 0 aromatic heterocycles. The molecule has 2 aliphatic rings. The molecule has 0 unspecified atom stereocenters. The van der Waals surface area contributed by atoms with E-state index in [4.69, 9.17) is 9.47 Å². The standard InChI is InChI=1S/C12H17NO5/c14-10(9-8-17-6-7-18-9)13-12(11(15)16)4-2-1-3-5-12/h8H,1-7H2,(H,13,14)(H,15,16). The third-order valence-electron chi connectivity index (χ3n) is 3.34. The Morgan fingerprint density at radius 1 is 1.22 bits per heavy atom. The van der Waals surface area contributed by atoms with Crippen molar-refractivity contribution in [2.24, 2.45) is 0 Å². The molecule has 0 aromatic rings. The lowest BCUT2D eigenvalue weighted by Crippen LogP contribution is -2.56. The normalized spacial score (nSPS) is 22.1. The molecule has 1 fully saturated rings. The summed E-state index contributed by atoms with van der Waals surface area (Å²) in [7, 11) is 0. The number of carbonyl (C=O) groups is 2. The smallest absolute Gasteiger partial charge is 0.329 e. The Kier molecular flexibility index (Phi) is 3.74. The monoisotopic (exact) mass is 255 g/mol. The summed E-state index contributed by atoms with van der Waals surface area (Å²) in [5, 5.41) is 11.9. The highest BCUT2D eigenvalue weighted by Crippen LogP contribution is 2.29. The van der Waals surface area contributed by atoms with Gasteiger partial charge in [-0.05, 0) is 12.8 Å². The zero-order valence-electron chi connectivity index (χ0n) is 10.1. The molecule has 0 spiro atoms. The number of ether oxygens (including phenoxy) is 2. The maximum absolute atomic E-state index is 11.9. The van der Waals surface area contributed by atoms with E-state index in [0.29, 0.717) is 26.1 Å². The van der Waals surface area contributed by atoms with Crippen LogP contribution in [-0.2, 0) is 19.1 Å². The number of carbonyl (C=O) groups excluding carboxylic acids is 1. The van der Waals surface area contributed by atoms with E-state index >= 15 is 0 Å². The molecule has 100 valence electrons. The van der Waals surface area contributed by atoms with Gasteiger partial charge in [0.25, 0.3) is 5.91 Å². The fourth-order valence-electron chi connectivity index (χ4n) is 2.31. The number of nitrogens with one attached hydrogen (secondary N) is 1. The molecule has 1 saturated carbocycles. The van der Waals surface area contributed by atoms with Crippen LogP contribution in [0.2, 0.25) is 0 Å². The van der Waals surface area contributed by atoms with Crippen LogP contribution in [0.5, 0.6) is 0 Å². The van der Waals surface area contributed by atoms with Gasteiger partial charge in [-0.3, -0.25) is 4.79 Å². The minimum Gasteiger partial charge on any atom is -0.494 e. The minimum absolute atomic E-state index is 0.0486. The Bertz CT molecular complexity index is 371. The molecule has 18 heavy (non-hydrogen) atoms. The maximum atomic E-state index is 11.9. The fraction of sp³-hybridized carbons (Fsp3) is 0.667. The average Bonchev–Trinajstić information content (AvgIpc) is 2.40. The van der Waals surface area contributed by atoms with Gasteiger partial charge < -0.3 is 19.9 Å². The van der Waals surface area contributed by atoms with Gasteiger partial charge >= 0.3 is 5.97 Å². The topological polar surface area (TPSA) is 84.9 Å². The summed E-state index contributed by atoms with van der Waals surface area (Å²) in [6, 6.07) is 0. The highest BCUT2D eigenvalue weighted by molar-refractivity contribution is 5.95. The van der Waals surface area contributed by atoms with Crippen LogP contribution in [0.25, 0.3) is 0 Å². The number of carboxylic acids is 1. The van der Waals surface area contributed by atoms with Crippen molar-refractivity contribution in [1.82, 2.24) is 5.32 Å². The van der Waals surface area contributed by atoms with E-state index in [2.05, 4.69) is 5.32 Å². The maximum Gasteiger partial charge on any atom is 0.329 e. The van der Waals surface area contributed by atoms with E-state index in [1.54, 1.807) is 0 Å². The Morgan fingerprint density at radius 2 is 1.94 bits per heavy atom. The van der Waals surface area contributed by atoms with Gasteiger partial charge in [-0.15, -0.1) is 0 Å². The summed E-state index contributed by atoms with van der Waals surface area (Å²) in [5.41, 5.74) is -1.16. The van der Waals surface area contributed by atoms with Crippen LogP contribution in [0.4, 0.5) is 0 Å². The van der Waals surface area contributed by atoms with Crippen molar-refractivity contribution in [2.75, 3.05) is 13.2 Å². The second-order valence-electron chi connectivity index (χ2n) is 4.60. The zero-order chi connectivity index (χ0) is 13.0. The van der Waals surface area contributed by atoms with E-state index in [1.165, 1.54) is 6.26 Å². The van der Waals surface area contributed by atoms with Crippen molar-refractivity contribution in [3.8, 4) is 0 Å². The highest BCUT2D eigenvalue weighted by atomic mass is 16.6. The van der Waals surface area contributed by atoms with Crippen LogP contribution in [0.1, 0.15) is 32.1 Å². The molecule has 0 aromatic carbocycles. The summed E-state index contributed by atoms with van der Waals surface area (Å²) in [4.78, 5) is 23.3. The summed E-state index contributed by atoms with van der Waals surface area (Å²) in [6.07, 6.45) is 4.78. The number of amides is 1. The van der Waals surface area contributed by atoms with Crippen LogP contribution >= 0.6 is 0 Å². The second-order valence-corrected chi connectivity index (χ2v) is 4.60. The summed E-state index contributed by atoms with van der Waals surface area (Å²) in [6.45, 7) is 0.709. The van der Waals surface area contributed by atoms with Gasteiger partial charge in [-0.1, -0.05) is 19.3 Å². The first-order valence-corrected chi connectivity index (χ1v) is 6.14. The Labute approximate surface area is 105 Å². The number of hydrogen-bond donors (Lipinski definition) is 2. The molecule has 1 aliphatic heterocycles. The SMILES string of the molecule is O=C(NC1(C(=O)O)CCCCC1)C1=COCCO1. The number of carboxylic acid groups (broad SMARTS) is 1. The summed E-state index contributed by atoms with van der Waals surface area (Å²) >= 11 is 0. The lowest BCUT2D eigenvalue weighted by Gasteiger charge is -2.34. The molecule has 1 amide bonds. The fourth-order valence-corrected chi connectivity index (χ4v) is 2.31. The van der Waals surface area contributed by atoms with Crippen molar-refractivity contribution in [3.05, 3.63) is 12.0 Å². The molecule has 6 nitrogen and oxygen atoms in total. The quantitative estimate of drug-likeness (QED) is 0.778. The van der Waals surface area contributed by atoms with E-state index in [9.17, 15) is 14.7 Å². The summed E-state index contributed by atoms with van der Waals surface area (Å²) < 4.78 is 10.1. The van der Waals surface area contributed by atoms with Gasteiger partial charge in [-0.25, -0.2) is 4.79 Å². The molecule has 1 aliphatic carbocycles. The molecule has 1 heterocycles. The van der Waals surface area contributed by atoms with Crippen LogP contribution in [0.3, 0.4) is 0 Å². The Hall–Kier alpha value is -1.72. The minimum atomic E-state index is -1.16. The predicted molar refractivity (Wildman–Crippen MR) is 61.6 cm³/mol. The van der Waals surface area contributed by atoms with Crippen molar-refractivity contribution in [2.45, 2.75) is 37.6 Å². The van der Waals surface area contributed by atoms with E-state index in [0.717, 1.165) is 19.3 Å². The van der Waals surface area contributed by atoms with Crippen LogP contribution < -0.4 is 5.32 Å². The largest absolute Gasteiger partial charge is 0.494 e. The number of hydrogen-bond acceptors (Lipinski definition) is 4. The van der Waals surface area contributed by atoms with E-state index in [-0.39, 0.29) is 5.76 Å². The molecule has 2 N–H and O–H groups in total. The van der Waals surface area contributed by atoms with Crippen LogP contribution in [-0.4, -0.2) is 35.7 Å². The van der Waals surface area contributed by atoms with Gasteiger partial charge in [0.05, 0.1) is 0 Å². The number of aliphatic carboxylic acids is 1. The van der Waals surface area contributed by atoms with Crippen molar-refractivity contribution >= 4 is 11.9 Å². The van der Waals surface area contributed by atoms with Gasteiger partial charge in [0.2, 0.25) is 5.76 Å². The molecule has 0 saturated heterocycles. The lowest BCUT2D eigenvalue weighted by atomic mass is 9.81. The lowest BCUT2D eigenvalue weighted by molar-refractivity contribution is -0.149. The molecule has 0 radical (unpaired) electrons. The van der Waals surface area contributed by atoms with Gasteiger partial charge in [-0.2, -0.15) is 0 Å². The van der Waals surface area contributed by atoms with Crippen LogP contribution in [0.15, 0.2) is 12.0 Å². The average molecular weight is 255 g/mol. The van der Waals surface area contributed by atoms with Crippen molar-refractivity contribution in [1.29, 1.82) is 0 Å². The van der Waals surface area contributed by atoms with Crippen molar-refractivity contribution in [3.63, 3.8) is 0 Å². The Balaban J connectivity index is 2.06. The first-order valence-electron chi connectivity index (χ1n) is 6.14. The van der Waals surface area contributed by atoms with Gasteiger partial charge in [0.1, 0.15) is 25.0 Å². The number of rotatable bonds is 3. The predicted octanol–water partition coefficient (Wildman–Crippen LogP) is 0.778. The van der Waals surface area contributed by atoms with Gasteiger partial charge in [0.15, 0.2) is 0 Å². The molecular formula is C12H17NO5. The first-order chi connectivity index (χ1) is 8.64. The first kappa shape index (κ1) is 12.7. The molecule has 0 bridgehead atoms. The molecule has 2 rings (SSSR count). The third-order valence-corrected chi connectivity index (χ3v) is 3.34. The third kappa shape index (κ3) is 2.57. The van der Waals surface area contributed by atoms with Crippen LogP contribution in [0, 0.1) is 0 Å². The zero-order valence-corrected chi connectivity index (χ0v) is 10.1. The highest BCUT2D eigenvalue weighted by Gasteiger charge is 2.41. The summed E-state index contributed by atoms with van der Waals surface area (Å²) in [5.74, 6) is -1.45. The van der Waals surface area contributed by atoms with Crippen molar-refractivity contribution < 1.29 is 24.2 Å². The molecular weight excluding hydrogens is 238 g/mol. The molecule has 6 heteroatoms. The van der Waals surface area contributed by atoms with E-state index in [1.807, 2.05) is 0 Å². The molecule has 0 atom stereocenters. The van der Waals surface area contributed by atoms with E-state index < -0.39 is 17.4 Å². The van der Waals surface area contributed by atoms with Gasteiger partial charge in [0, 0.05) is 0 Å². The second kappa shape index (κ2) is 5.29.